The van der Waals surface area contributed by atoms with E-state index in [-0.39, 0.29) is 0 Å². The van der Waals surface area contributed by atoms with Crippen LogP contribution < -0.4 is 5.32 Å². The Bertz CT molecular complexity index is 483. The molecule has 23 heavy (non-hydrogen) atoms. The predicted octanol–water partition coefficient (Wildman–Crippen LogP) is 2.64. The van der Waals surface area contributed by atoms with Gasteiger partial charge in [-0.25, -0.2) is 0 Å². The summed E-state index contributed by atoms with van der Waals surface area (Å²) in [6.07, 6.45) is 2.34. The second-order valence-corrected chi connectivity index (χ2v) is 6.86. The molecule has 2 atom stereocenters. The van der Waals surface area contributed by atoms with Crippen LogP contribution in [0.4, 0.5) is 0 Å². The van der Waals surface area contributed by atoms with Crippen molar-refractivity contribution in [1.29, 1.82) is 0 Å². The molecule has 0 bridgehead atoms. The van der Waals surface area contributed by atoms with E-state index in [1.54, 1.807) is 0 Å². The van der Waals surface area contributed by atoms with Crippen molar-refractivity contribution in [2.45, 2.75) is 25.7 Å². The van der Waals surface area contributed by atoms with Crippen LogP contribution in [0, 0.1) is 5.92 Å². The minimum Gasteiger partial charge on any atom is -0.356 e. The van der Waals surface area contributed by atoms with Gasteiger partial charge in [0.05, 0.1) is 0 Å². The van der Waals surface area contributed by atoms with Gasteiger partial charge in [0.15, 0.2) is 5.96 Å². The van der Waals surface area contributed by atoms with Crippen molar-refractivity contribution in [3.63, 3.8) is 0 Å². The molecule has 0 saturated carbocycles. The first kappa shape index (κ1) is 17.8. The molecule has 0 spiro atoms. The summed E-state index contributed by atoms with van der Waals surface area (Å²) >= 11 is 0. The molecule has 1 N–H and O–H groups in total. The maximum atomic E-state index is 4.48. The average molecular weight is 316 g/mol. The lowest BCUT2D eigenvalue weighted by Crippen LogP contribution is -2.48. The van der Waals surface area contributed by atoms with Crippen LogP contribution in [0.5, 0.6) is 0 Å². The number of aliphatic imine (C=N–C) groups is 1. The second-order valence-electron chi connectivity index (χ2n) is 6.86. The number of benzene rings is 1. The van der Waals surface area contributed by atoms with Gasteiger partial charge < -0.3 is 15.1 Å². The van der Waals surface area contributed by atoms with Crippen molar-refractivity contribution >= 4 is 5.96 Å². The zero-order valence-corrected chi connectivity index (χ0v) is 15.1. The fourth-order valence-electron chi connectivity index (χ4n) is 3.46. The van der Waals surface area contributed by atoms with Gasteiger partial charge in [-0.1, -0.05) is 37.3 Å². The highest BCUT2D eigenvalue weighted by molar-refractivity contribution is 5.80. The Labute approximate surface area is 141 Å². The van der Waals surface area contributed by atoms with Gasteiger partial charge in [-0.15, -0.1) is 0 Å². The molecular formula is C19H32N4. The summed E-state index contributed by atoms with van der Waals surface area (Å²) < 4.78 is 0. The number of piperidine rings is 1. The number of nitrogens with zero attached hydrogens (tertiary/aromatic N) is 3. The molecule has 1 saturated heterocycles. The monoisotopic (exact) mass is 316 g/mol. The van der Waals surface area contributed by atoms with E-state index >= 15 is 0 Å². The van der Waals surface area contributed by atoms with Crippen LogP contribution in [0.15, 0.2) is 35.3 Å². The Morgan fingerprint density at radius 1 is 1.30 bits per heavy atom. The summed E-state index contributed by atoms with van der Waals surface area (Å²) in [5, 5.41) is 3.52. The summed E-state index contributed by atoms with van der Waals surface area (Å²) in [6, 6.07) is 10.9. The maximum absolute atomic E-state index is 4.48. The number of hydrogen-bond acceptors (Lipinski definition) is 2. The van der Waals surface area contributed by atoms with Gasteiger partial charge in [0, 0.05) is 26.7 Å². The van der Waals surface area contributed by atoms with Crippen molar-refractivity contribution in [3.05, 3.63) is 35.9 Å². The van der Waals surface area contributed by atoms with E-state index in [2.05, 4.69) is 71.5 Å². The first-order chi connectivity index (χ1) is 11.1. The summed E-state index contributed by atoms with van der Waals surface area (Å²) in [6.45, 7) is 6.61. The number of hydrogen-bond donors (Lipinski definition) is 1. The zero-order valence-electron chi connectivity index (χ0n) is 15.1. The van der Waals surface area contributed by atoms with Crippen molar-refractivity contribution in [2.75, 3.05) is 47.3 Å². The van der Waals surface area contributed by atoms with Gasteiger partial charge in [-0.2, -0.15) is 0 Å². The van der Waals surface area contributed by atoms with Crippen LogP contribution in [0.1, 0.15) is 31.2 Å². The lowest BCUT2D eigenvalue weighted by Gasteiger charge is -2.39. The third-order valence-electron chi connectivity index (χ3n) is 4.71. The van der Waals surface area contributed by atoms with Gasteiger partial charge in [-0.05, 0) is 50.9 Å². The van der Waals surface area contributed by atoms with Crippen molar-refractivity contribution < 1.29 is 0 Å². The SMILES string of the molecule is CN=C(NCCCN(C)C)N1CCC(c2ccccc2)C(C)C1. The summed E-state index contributed by atoms with van der Waals surface area (Å²) in [4.78, 5) is 9.12. The number of guanidine groups is 1. The van der Waals surface area contributed by atoms with E-state index in [1.165, 1.54) is 12.0 Å². The lowest BCUT2D eigenvalue weighted by atomic mass is 9.82. The summed E-state index contributed by atoms with van der Waals surface area (Å²) in [7, 11) is 6.12. The van der Waals surface area contributed by atoms with Gasteiger partial charge >= 0.3 is 0 Å². The Morgan fingerprint density at radius 3 is 2.65 bits per heavy atom. The first-order valence-electron chi connectivity index (χ1n) is 8.77. The number of rotatable bonds is 5. The molecule has 4 heteroatoms. The van der Waals surface area contributed by atoms with E-state index in [0.29, 0.717) is 11.8 Å². The van der Waals surface area contributed by atoms with Crippen LogP contribution in [-0.4, -0.2) is 63.1 Å². The summed E-state index contributed by atoms with van der Waals surface area (Å²) in [5.74, 6) is 2.37. The molecule has 4 nitrogen and oxygen atoms in total. The van der Waals surface area contributed by atoms with Crippen LogP contribution in [-0.2, 0) is 0 Å². The second kappa shape index (κ2) is 8.92. The van der Waals surface area contributed by atoms with Crippen molar-refractivity contribution in [3.8, 4) is 0 Å². The van der Waals surface area contributed by atoms with Crippen LogP contribution >= 0.6 is 0 Å². The molecule has 0 radical (unpaired) electrons. The molecular weight excluding hydrogens is 284 g/mol. The molecule has 1 aliphatic rings. The van der Waals surface area contributed by atoms with E-state index in [9.17, 15) is 0 Å². The highest BCUT2D eigenvalue weighted by atomic mass is 15.3. The van der Waals surface area contributed by atoms with Crippen LogP contribution in [0.25, 0.3) is 0 Å². The molecule has 0 aliphatic carbocycles. The Morgan fingerprint density at radius 2 is 2.04 bits per heavy atom. The normalized spacial score (nSPS) is 22.5. The fraction of sp³-hybridized carbons (Fsp3) is 0.632. The molecule has 0 amide bonds. The van der Waals surface area contributed by atoms with Crippen LogP contribution in [0.3, 0.4) is 0 Å². The van der Waals surface area contributed by atoms with E-state index in [0.717, 1.165) is 38.6 Å². The Balaban J connectivity index is 1.85. The summed E-state index contributed by atoms with van der Waals surface area (Å²) in [5.41, 5.74) is 1.48. The van der Waals surface area contributed by atoms with Crippen LogP contribution in [0.2, 0.25) is 0 Å². The molecule has 1 heterocycles. The number of likely N-dealkylation sites (tertiary alicyclic amines) is 1. The minimum absolute atomic E-state index is 0.645. The average Bonchev–Trinajstić information content (AvgIpc) is 2.55. The first-order valence-corrected chi connectivity index (χ1v) is 8.77. The van der Waals surface area contributed by atoms with Gasteiger partial charge in [-0.3, -0.25) is 4.99 Å². The molecule has 1 aromatic carbocycles. The van der Waals surface area contributed by atoms with Gasteiger partial charge in [0.2, 0.25) is 0 Å². The van der Waals surface area contributed by atoms with Crippen molar-refractivity contribution in [1.82, 2.24) is 15.1 Å². The molecule has 1 aliphatic heterocycles. The standard InChI is InChI=1S/C19H32N4/c1-16-15-23(19(20-2)21-12-8-13-22(3)4)14-11-18(16)17-9-6-5-7-10-17/h5-7,9-10,16,18H,8,11-15H2,1-4H3,(H,20,21). The molecule has 0 aromatic heterocycles. The highest BCUT2D eigenvalue weighted by Gasteiger charge is 2.28. The smallest absolute Gasteiger partial charge is 0.193 e. The lowest BCUT2D eigenvalue weighted by molar-refractivity contribution is 0.234. The van der Waals surface area contributed by atoms with E-state index in [4.69, 9.17) is 0 Å². The third-order valence-corrected chi connectivity index (χ3v) is 4.71. The predicted molar refractivity (Wildman–Crippen MR) is 99.1 cm³/mol. The maximum Gasteiger partial charge on any atom is 0.193 e. The van der Waals surface area contributed by atoms with Gasteiger partial charge in [0.1, 0.15) is 0 Å². The molecule has 2 unspecified atom stereocenters. The minimum atomic E-state index is 0.645. The highest BCUT2D eigenvalue weighted by Crippen LogP contribution is 2.32. The van der Waals surface area contributed by atoms with Crippen molar-refractivity contribution in [2.24, 2.45) is 10.9 Å². The molecule has 1 fully saturated rings. The van der Waals surface area contributed by atoms with E-state index < -0.39 is 0 Å². The molecule has 2 rings (SSSR count). The third kappa shape index (κ3) is 5.24. The fourth-order valence-corrected chi connectivity index (χ4v) is 3.46. The largest absolute Gasteiger partial charge is 0.356 e. The zero-order chi connectivity index (χ0) is 16.7. The Kier molecular flexibility index (Phi) is 6.90. The molecule has 128 valence electrons. The Hall–Kier alpha value is -1.55. The topological polar surface area (TPSA) is 30.9 Å². The quantitative estimate of drug-likeness (QED) is 0.515. The van der Waals surface area contributed by atoms with Gasteiger partial charge in [0.25, 0.3) is 0 Å². The molecule has 1 aromatic rings. The number of nitrogens with one attached hydrogen (secondary N) is 1. The van der Waals surface area contributed by atoms with E-state index in [1.807, 2.05) is 7.05 Å².